The highest BCUT2D eigenvalue weighted by molar-refractivity contribution is 7.45. The predicted octanol–water partition coefficient (Wildman–Crippen LogP) is 11.4. The van der Waals surface area contributed by atoms with Gasteiger partial charge in [-0.25, -0.2) is 0 Å². The van der Waals surface area contributed by atoms with Crippen molar-refractivity contribution in [3.05, 3.63) is 60.8 Å². The topological polar surface area (TPSA) is 111 Å². The Morgan fingerprint density at radius 2 is 1.02 bits per heavy atom. The van der Waals surface area contributed by atoms with Crippen LogP contribution < -0.4 is 4.89 Å². The molecule has 0 radical (unpaired) electrons. The molecule has 2 atom stereocenters. The molecule has 1 unspecified atom stereocenters. The third-order valence-electron chi connectivity index (χ3n) is 8.74. The van der Waals surface area contributed by atoms with E-state index in [9.17, 15) is 19.0 Å². The average molecular weight is 794 g/mol. The summed E-state index contributed by atoms with van der Waals surface area (Å²) >= 11 is 0. The van der Waals surface area contributed by atoms with Gasteiger partial charge in [0.15, 0.2) is 6.10 Å². The zero-order valence-electron chi connectivity index (χ0n) is 35.6. The molecular formula is C45H80NO8P. The highest BCUT2D eigenvalue weighted by Crippen LogP contribution is 2.38. The number of allylic oxidation sites excluding steroid dienone is 10. The zero-order valence-corrected chi connectivity index (χ0v) is 36.5. The van der Waals surface area contributed by atoms with Crippen molar-refractivity contribution in [2.24, 2.45) is 0 Å². The molecule has 0 heterocycles. The first-order valence-corrected chi connectivity index (χ1v) is 23.0. The Balaban J connectivity index is 4.46. The van der Waals surface area contributed by atoms with E-state index >= 15 is 0 Å². The third-order valence-corrected chi connectivity index (χ3v) is 9.71. The predicted molar refractivity (Wildman–Crippen MR) is 226 cm³/mol. The van der Waals surface area contributed by atoms with Crippen LogP contribution in [0.25, 0.3) is 0 Å². The Kier molecular flexibility index (Phi) is 35.7. The van der Waals surface area contributed by atoms with Gasteiger partial charge in [0, 0.05) is 12.8 Å². The fourth-order valence-electron chi connectivity index (χ4n) is 5.34. The normalized spacial score (nSPS) is 14.2. The number of hydrogen-bond donors (Lipinski definition) is 0. The Morgan fingerprint density at radius 1 is 0.564 bits per heavy atom. The highest BCUT2D eigenvalue weighted by atomic mass is 31.2. The SMILES string of the molecule is CCC/C=C/C/C=C/C/C=C/C/C=C/CCCCCC(=O)OC[C@H](COP(=O)([O-])OCC[N+](C)(C)C)OC(=O)CCCCCCC/C=C/CCCCCCC. The number of carbonyl (C=O) groups excluding carboxylic acids is 2. The molecule has 0 aliphatic rings. The molecule has 0 saturated heterocycles. The Hall–Kier alpha value is -2.29. The summed E-state index contributed by atoms with van der Waals surface area (Å²) in [4.78, 5) is 37.5. The van der Waals surface area contributed by atoms with Crippen molar-refractivity contribution in [3.8, 4) is 0 Å². The van der Waals surface area contributed by atoms with Crippen LogP contribution >= 0.6 is 7.82 Å². The molecule has 0 aromatic rings. The summed E-state index contributed by atoms with van der Waals surface area (Å²) in [6.45, 7) is 4.08. The lowest BCUT2D eigenvalue weighted by Gasteiger charge is -2.28. The number of quaternary nitrogens is 1. The van der Waals surface area contributed by atoms with E-state index in [0.717, 1.165) is 77.0 Å². The number of carbonyl (C=O) groups is 2. The van der Waals surface area contributed by atoms with Crippen molar-refractivity contribution >= 4 is 19.8 Å². The fourth-order valence-corrected chi connectivity index (χ4v) is 6.07. The lowest BCUT2D eigenvalue weighted by molar-refractivity contribution is -0.870. The molecule has 0 aromatic heterocycles. The van der Waals surface area contributed by atoms with Crippen LogP contribution in [0.15, 0.2) is 60.8 Å². The molecule has 0 aliphatic carbocycles. The van der Waals surface area contributed by atoms with E-state index in [4.69, 9.17) is 18.5 Å². The number of unbranched alkanes of at least 4 members (excludes halogenated alkanes) is 14. The number of esters is 2. The first kappa shape index (κ1) is 52.7. The fraction of sp³-hybridized carbons (Fsp3) is 0.733. The van der Waals surface area contributed by atoms with E-state index in [2.05, 4.69) is 74.6 Å². The Labute approximate surface area is 336 Å². The minimum Gasteiger partial charge on any atom is -0.756 e. The second kappa shape index (κ2) is 37.3. The van der Waals surface area contributed by atoms with Gasteiger partial charge in [-0.3, -0.25) is 14.2 Å². The maximum atomic E-state index is 12.6. The van der Waals surface area contributed by atoms with Crippen LogP contribution in [0.5, 0.6) is 0 Å². The lowest BCUT2D eigenvalue weighted by atomic mass is 10.1. The van der Waals surface area contributed by atoms with Crippen LogP contribution in [-0.4, -0.2) is 70.0 Å². The maximum absolute atomic E-state index is 12.6. The van der Waals surface area contributed by atoms with Gasteiger partial charge in [-0.15, -0.1) is 0 Å². The molecule has 0 saturated carbocycles. The molecule has 0 bridgehead atoms. The van der Waals surface area contributed by atoms with Crippen molar-refractivity contribution in [3.63, 3.8) is 0 Å². The number of nitrogens with zero attached hydrogens (tertiary/aromatic N) is 1. The summed E-state index contributed by atoms with van der Waals surface area (Å²) in [5.41, 5.74) is 0. The summed E-state index contributed by atoms with van der Waals surface area (Å²) in [6, 6.07) is 0. The number of ether oxygens (including phenoxy) is 2. The molecule has 0 spiro atoms. The maximum Gasteiger partial charge on any atom is 0.306 e. The van der Waals surface area contributed by atoms with Crippen LogP contribution in [0.1, 0.15) is 162 Å². The number of phosphoric acid groups is 1. The molecular weight excluding hydrogens is 713 g/mol. The number of phosphoric ester groups is 1. The zero-order chi connectivity index (χ0) is 40.7. The van der Waals surface area contributed by atoms with Gasteiger partial charge in [-0.1, -0.05) is 132 Å². The molecule has 9 nitrogen and oxygen atoms in total. The molecule has 0 aromatic carbocycles. The van der Waals surface area contributed by atoms with Crippen LogP contribution in [-0.2, 0) is 32.7 Å². The second-order valence-corrected chi connectivity index (χ2v) is 16.8. The molecule has 318 valence electrons. The molecule has 0 fully saturated rings. The lowest BCUT2D eigenvalue weighted by Crippen LogP contribution is -2.37. The number of likely N-dealkylation sites (N-methyl/N-ethyl adjacent to an activating group) is 1. The number of hydrogen-bond acceptors (Lipinski definition) is 8. The smallest absolute Gasteiger partial charge is 0.306 e. The molecule has 10 heteroatoms. The van der Waals surface area contributed by atoms with E-state index in [1.54, 1.807) is 0 Å². The molecule has 0 rings (SSSR count). The summed E-state index contributed by atoms with van der Waals surface area (Å²) in [5.74, 6) is -0.886. The van der Waals surface area contributed by atoms with Gasteiger partial charge in [0.05, 0.1) is 27.7 Å². The van der Waals surface area contributed by atoms with E-state index in [-0.39, 0.29) is 26.1 Å². The average Bonchev–Trinajstić information content (AvgIpc) is 3.13. The minimum atomic E-state index is -4.63. The van der Waals surface area contributed by atoms with E-state index in [1.165, 1.54) is 44.9 Å². The van der Waals surface area contributed by atoms with Crippen LogP contribution in [0.3, 0.4) is 0 Å². The quantitative estimate of drug-likeness (QED) is 0.0200. The van der Waals surface area contributed by atoms with Crippen LogP contribution in [0.2, 0.25) is 0 Å². The molecule has 55 heavy (non-hydrogen) atoms. The van der Waals surface area contributed by atoms with Crippen LogP contribution in [0.4, 0.5) is 0 Å². The van der Waals surface area contributed by atoms with Crippen molar-refractivity contribution in [1.29, 1.82) is 0 Å². The second-order valence-electron chi connectivity index (χ2n) is 15.3. The monoisotopic (exact) mass is 794 g/mol. The summed E-state index contributed by atoms with van der Waals surface area (Å²) in [5, 5.41) is 0. The largest absolute Gasteiger partial charge is 0.756 e. The summed E-state index contributed by atoms with van der Waals surface area (Å²) < 4.78 is 33.8. The van der Waals surface area contributed by atoms with E-state index in [1.807, 2.05) is 21.1 Å². The summed E-state index contributed by atoms with van der Waals surface area (Å²) in [7, 11) is 1.13. The van der Waals surface area contributed by atoms with Gasteiger partial charge >= 0.3 is 11.9 Å². The van der Waals surface area contributed by atoms with Crippen molar-refractivity contribution < 1.29 is 42.1 Å². The van der Waals surface area contributed by atoms with E-state index in [0.29, 0.717) is 23.9 Å². The standard InChI is InChI=1S/C45H80NO8P/c1-6-8-10-12-14-16-18-20-22-23-24-26-27-29-31-33-35-37-44(47)51-41-43(42-53-55(49,50)52-40-39-46(3,4)5)54-45(48)38-36-34-32-30-28-25-21-19-17-15-13-11-9-7-2/h10,12,16,18-19,21-23,26-27,43H,6-9,11,13-15,17,20,24-25,28-42H2,1-5H3/b12-10+,18-16+,21-19+,23-22+,27-26+/t43-/m1/s1. The molecule has 0 aliphatic heterocycles. The first-order valence-electron chi connectivity index (χ1n) is 21.5. The van der Waals surface area contributed by atoms with Gasteiger partial charge in [0.25, 0.3) is 7.82 Å². The number of rotatable bonds is 38. The first-order chi connectivity index (χ1) is 26.5. The van der Waals surface area contributed by atoms with E-state index < -0.39 is 32.5 Å². The third kappa shape index (κ3) is 41.2. The van der Waals surface area contributed by atoms with Gasteiger partial charge in [0.2, 0.25) is 0 Å². The van der Waals surface area contributed by atoms with Gasteiger partial charge in [-0.2, -0.15) is 0 Å². The van der Waals surface area contributed by atoms with Gasteiger partial charge in [-0.05, 0) is 77.0 Å². The summed E-state index contributed by atoms with van der Waals surface area (Å²) in [6.07, 6.45) is 43.8. The Bertz CT molecular complexity index is 1120. The minimum absolute atomic E-state index is 0.0402. The highest BCUT2D eigenvalue weighted by Gasteiger charge is 2.21. The van der Waals surface area contributed by atoms with Crippen molar-refractivity contribution in [1.82, 2.24) is 0 Å². The molecule has 0 N–H and O–H groups in total. The van der Waals surface area contributed by atoms with Crippen molar-refractivity contribution in [2.45, 2.75) is 168 Å². The van der Waals surface area contributed by atoms with Crippen molar-refractivity contribution in [2.75, 3.05) is 47.5 Å². The van der Waals surface area contributed by atoms with Crippen LogP contribution in [0, 0.1) is 0 Å². The molecule has 0 amide bonds. The Morgan fingerprint density at radius 3 is 1.56 bits per heavy atom. The van der Waals surface area contributed by atoms with Gasteiger partial charge in [0.1, 0.15) is 19.8 Å². The van der Waals surface area contributed by atoms with Gasteiger partial charge < -0.3 is 27.9 Å².